The number of ether oxygens (including phenoxy) is 2. The summed E-state index contributed by atoms with van der Waals surface area (Å²) >= 11 is 0. The Kier molecular flexibility index (Phi) is 6.81. The summed E-state index contributed by atoms with van der Waals surface area (Å²) < 4.78 is 68.9. The summed E-state index contributed by atoms with van der Waals surface area (Å²) in [5.41, 5.74) is -0.143. The molecule has 3 rings (SSSR count). The Bertz CT molecular complexity index is 737. The van der Waals surface area contributed by atoms with Crippen LogP contribution in [0.5, 0.6) is 0 Å². The highest BCUT2D eigenvalue weighted by molar-refractivity contribution is 5.22. The van der Waals surface area contributed by atoms with Crippen LogP contribution >= 0.6 is 0 Å². The topological polar surface area (TPSA) is 56.5 Å². The fourth-order valence-electron chi connectivity index (χ4n) is 2.84. The third-order valence-electron chi connectivity index (χ3n) is 4.36. The average Bonchev–Trinajstić information content (AvgIpc) is 3.32. The molecule has 27 heavy (non-hydrogen) atoms. The minimum absolute atomic E-state index is 0.135. The molecule has 1 atom stereocenters. The summed E-state index contributed by atoms with van der Waals surface area (Å²) in [6, 6.07) is 1.80. The van der Waals surface area contributed by atoms with Crippen molar-refractivity contribution in [3.8, 4) is 0 Å². The van der Waals surface area contributed by atoms with E-state index >= 15 is 0 Å². The molecule has 2 aromatic rings. The zero-order chi connectivity index (χ0) is 19.2. The van der Waals surface area contributed by atoms with Crippen LogP contribution in [0.3, 0.4) is 0 Å². The van der Waals surface area contributed by atoms with Crippen molar-refractivity contribution in [2.45, 2.75) is 32.6 Å². The standard InChI is InChI=1S/C18H20F4N2O3/c19-15-6-16(20)18(22)14(17(15)21)10-26-9-13-5-12(24-27-13)7-23-3-1-11-2-4-25-8-11/h5-6,11,23H,1-4,7-10H2. The summed E-state index contributed by atoms with van der Waals surface area (Å²) in [7, 11) is 0. The molecule has 1 N–H and O–H groups in total. The molecule has 148 valence electrons. The number of benzene rings is 1. The van der Waals surface area contributed by atoms with Crippen LogP contribution in [0.2, 0.25) is 0 Å². The second-order valence-corrected chi connectivity index (χ2v) is 6.42. The van der Waals surface area contributed by atoms with Crippen LogP contribution in [0.1, 0.15) is 29.9 Å². The molecule has 0 aliphatic carbocycles. The van der Waals surface area contributed by atoms with Crippen molar-refractivity contribution in [1.29, 1.82) is 0 Å². The van der Waals surface area contributed by atoms with Crippen LogP contribution in [-0.2, 0) is 29.2 Å². The van der Waals surface area contributed by atoms with E-state index in [1.165, 1.54) is 0 Å². The molecule has 1 aliphatic heterocycles. The lowest BCUT2D eigenvalue weighted by Gasteiger charge is -2.07. The quantitative estimate of drug-likeness (QED) is 0.405. The molecule has 0 bridgehead atoms. The van der Waals surface area contributed by atoms with E-state index in [0.29, 0.717) is 23.9 Å². The van der Waals surface area contributed by atoms with Gasteiger partial charge in [-0.25, -0.2) is 17.6 Å². The Hall–Kier alpha value is -1.97. The number of halogens is 4. The van der Waals surface area contributed by atoms with Gasteiger partial charge in [0.25, 0.3) is 0 Å². The van der Waals surface area contributed by atoms with Crippen molar-refractivity contribution in [2.75, 3.05) is 19.8 Å². The zero-order valence-corrected chi connectivity index (χ0v) is 14.6. The third kappa shape index (κ3) is 5.27. The molecule has 0 amide bonds. The normalized spacial score (nSPS) is 17.0. The second-order valence-electron chi connectivity index (χ2n) is 6.42. The highest BCUT2D eigenvalue weighted by Crippen LogP contribution is 2.20. The average molecular weight is 388 g/mol. The fourth-order valence-corrected chi connectivity index (χ4v) is 2.84. The second kappa shape index (κ2) is 9.29. The molecule has 1 saturated heterocycles. The van der Waals surface area contributed by atoms with Crippen LogP contribution in [-0.4, -0.2) is 24.9 Å². The van der Waals surface area contributed by atoms with E-state index in [0.717, 1.165) is 32.6 Å². The van der Waals surface area contributed by atoms with Gasteiger partial charge in [0, 0.05) is 31.9 Å². The maximum absolute atomic E-state index is 13.5. The number of aromatic nitrogens is 1. The van der Waals surface area contributed by atoms with Gasteiger partial charge in [-0.1, -0.05) is 5.16 Å². The van der Waals surface area contributed by atoms with Crippen LogP contribution in [0, 0.1) is 29.2 Å². The van der Waals surface area contributed by atoms with E-state index in [4.69, 9.17) is 14.0 Å². The van der Waals surface area contributed by atoms with Gasteiger partial charge in [0.2, 0.25) is 0 Å². The van der Waals surface area contributed by atoms with E-state index in [2.05, 4.69) is 10.5 Å². The van der Waals surface area contributed by atoms with E-state index in [1.54, 1.807) is 6.07 Å². The molecule has 1 aromatic heterocycles. The van der Waals surface area contributed by atoms with Gasteiger partial charge in [0.05, 0.1) is 17.9 Å². The first-order valence-electron chi connectivity index (χ1n) is 8.67. The van der Waals surface area contributed by atoms with Crippen molar-refractivity contribution >= 4 is 0 Å². The summed E-state index contributed by atoms with van der Waals surface area (Å²) in [5.74, 6) is -4.94. The van der Waals surface area contributed by atoms with Gasteiger partial charge >= 0.3 is 0 Å². The van der Waals surface area contributed by atoms with E-state index in [1.807, 2.05) is 0 Å². The largest absolute Gasteiger partial charge is 0.381 e. The van der Waals surface area contributed by atoms with Crippen molar-refractivity contribution in [2.24, 2.45) is 5.92 Å². The Morgan fingerprint density at radius 1 is 1.11 bits per heavy atom. The number of nitrogens with one attached hydrogen (secondary N) is 1. The van der Waals surface area contributed by atoms with Gasteiger partial charge in [-0.2, -0.15) is 0 Å². The Labute approximate surface area is 153 Å². The summed E-state index contributed by atoms with van der Waals surface area (Å²) in [5, 5.41) is 7.11. The first-order valence-corrected chi connectivity index (χ1v) is 8.67. The van der Waals surface area contributed by atoms with Crippen LogP contribution < -0.4 is 5.32 Å². The fraction of sp³-hybridized carbons (Fsp3) is 0.500. The number of nitrogens with zero attached hydrogens (tertiary/aromatic N) is 1. The molecule has 0 spiro atoms. The summed E-state index contributed by atoms with van der Waals surface area (Å²) in [6.07, 6.45) is 2.11. The minimum atomic E-state index is -1.47. The highest BCUT2D eigenvalue weighted by Gasteiger charge is 2.19. The first kappa shape index (κ1) is 19.8. The van der Waals surface area contributed by atoms with E-state index in [-0.39, 0.29) is 12.7 Å². The SMILES string of the molecule is Fc1cc(F)c(F)c(COCc2cc(CNCCC3CCOC3)no2)c1F. The van der Waals surface area contributed by atoms with Gasteiger partial charge in [-0.05, 0) is 25.3 Å². The van der Waals surface area contributed by atoms with E-state index < -0.39 is 35.4 Å². The Morgan fingerprint density at radius 2 is 1.89 bits per heavy atom. The van der Waals surface area contributed by atoms with E-state index in [9.17, 15) is 17.6 Å². The lowest BCUT2D eigenvalue weighted by Crippen LogP contribution is -2.18. The van der Waals surface area contributed by atoms with Gasteiger partial charge in [-0.3, -0.25) is 0 Å². The van der Waals surface area contributed by atoms with Gasteiger partial charge in [0.15, 0.2) is 29.0 Å². The molecule has 5 nitrogen and oxygen atoms in total. The number of rotatable bonds is 9. The summed E-state index contributed by atoms with van der Waals surface area (Å²) in [4.78, 5) is 0. The molecule has 0 radical (unpaired) electrons. The van der Waals surface area contributed by atoms with Crippen LogP contribution in [0.25, 0.3) is 0 Å². The molecule has 1 aromatic carbocycles. The van der Waals surface area contributed by atoms with Crippen molar-refractivity contribution in [1.82, 2.24) is 10.5 Å². The third-order valence-corrected chi connectivity index (χ3v) is 4.36. The number of hydrogen-bond donors (Lipinski definition) is 1. The van der Waals surface area contributed by atoms with Crippen molar-refractivity contribution < 1.29 is 31.6 Å². The van der Waals surface area contributed by atoms with Crippen molar-refractivity contribution in [3.63, 3.8) is 0 Å². The predicted molar refractivity (Wildman–Crippen MR) is 86.5 cm³/mol. The number of hydrogen-bond acceptors (Lipinski definition) is 5. The Morgan fingerprint density at radius 3 is 2.59 bits per heavy atom. The molecule has 1 unspecified atom stereocenters. The summed E-state index contributed by atoms with van der Waals surface area (Å²) in [6.45, 7) is 2.20. The zero-order valence-electron chi connectivity index (χ0n) is 14.6. The minimum Gasteiger partial charge on any atom is -0.381 e. The van der Waals surface area contributed by atoms with Gasteiger partial charge in [0.1, 0.15) is 6.61 Å². The van der Waals surface area contributed by atoms with Gasteiger partial charge in [-0.15, -0.1) is 0 Å². The molecular formula is C18H20F4N2O3. The Balaban J connectivity index is 1.42. The molecule has 1 aliphatic rings. The maximum Gasteiger partial charge on any atom is 0.167 e. The molecule has 0 saturated carbocycles. The van der Waals surface area contributed by atoms with Gasteiger partial charge < -0.3 is 19.3 Å². The van der Waals surface area contributed by atoms with Crippen LogP contribution in [0.15, 0.2) is 16.7 Å². The van der Waals surface area contributed by atoms with Crippen LogP contribution in [0.4, 0.5) is 17.6 Å². The monoisotopic (exact) mass is 388 g/mol. The van der Waals surface area contributed by atoms with Crippen molar-refractivity contribution in [3.05, 3.63) is 52.4 Å². The predicted octanol–water partition coefficient (Wildman–Crippen LogP) is 3.46. The lowest BCUT2D eigenvalue weighted by atomic mass is 10.1. The molecule has 9 heteroatoms. The lowest BCUT2D eigenvalue weighted by molar-refractivity contribution is 0.0832. The molecular weight excluding hydrogens is 368 g/mol. The highest BCUT2D eigenvalue weighted by atomic mass is 19.2. The smallest absolute Gasteiger partial charge is 0.167 e. The molecule has 2 heterocycles. The first-order chi connectivity index (χ1) is 13.0. The maximum atomic E-state index is 13.5. The molecule has 1 fully saturated rings.